The lowest BCUT2D eigenvalue weighted by atomic mass is 9.73. The maximum Gasteiger partial charge on any atom is 0.322 e. The van der Waals surface area contributed by atoms with Crippen molar-refractivity contribution in [2.24, 2.45) is 5.92 Å². The minimum Gasteiger partial charge on any atom is -0.394 e. The number of amides is 3. The molecule has 2 heterocycles. The van der Waals surface area contributed by atoms with Gasteiger partial charge in [-0.3, -0.25) is 4.79 Å². The van der Waals surface area contributed by atoms with Gasteiger partial charge in [0, 0.05) is 29.6 Å². The van der Waals surface area contributed by atoms with E-state index < -0.39 is 0 Å². The van der Waals surface area contributed by atoms with E-state index in [0.29, 0.717) is 18.2 Å². The minimum absolute atomic E-state index is 0.0110. The highest BCUT2D eigenvalue weighted by atomic mass is 16.3. The van der Waals surface area contributed by atoms with E-state index in [9.17, 15) is 14.7 Å². The van der Waals surface area contributed by atoms with E-state index in [-0.39, 0.29) is 43.1 Å². The molecule has 3 aliphatic rings. The van der Waals surface area contributed by atoms with E-state index in [4.69, 9.17) is 0 Å². The summed E-state index contributed by atoms with van der Waals surface area (Å²) in [5, 5.41) is 12.9. The van der Waals surface area contributed by atoms with E-state index in [2.05, 4.69) is 29.3 Å². The van der Waals surface area contributed by atoms with E-state index in [0.717, 1.165) is 11.1 Å². The Labute approximate surface area is 194 Å². The second kappa shape index (κ2) is 9.29. The summed E-state index contributed by atoms with van der Waals surface area (Å²) in [5.41, 5.74) is 2.76. The Morgan fingerprint density at radius 2 is 1.79 bits per heavy atom. The fraction of sp³-hybridized carbons (Fsp3) is 0.407. The lowest BCUT2D eigenvalue weighted by Gasteiger charge is -2.58. The summed E-state index contributed by atoms with van der Waals surface area (Å²) in [6.07, 6.45) is 4.95. The van der Waals surface area contributed by atoms with Crippen LogP contribution < -0.4 is 5.32 Å². The molecule has 0 spiro atoms. The number of rotatable bonds is 3. The van der Waals surface area contributed by atoms with Gasteiger partial charge in [-0.05, 0) is 42.7 Å². The zero-order valence-corrected chi connectivity index (χ0v) is 18.6. The van der Waals surface area contributed by atoms with Crippen LogP contribution in [0.4, 0.5) is 10.5 Å². The molecule has 5 rings (SSSR count). The molecule has 0 aromatic heterocycles. The van der Waals surface area contributed by atoms with Crippen molar-refractivity contribution in [1.29, 1.82) is 0 Å². The Morgan fingerprint density at radius 3 is 2.48 bits per heavy atom. The molecule has 1 aliphatic carbocycles. The molecule has 3 atom stereocenters. The number of fused-ring (bicyclic) bond motifs is 1. The molecule has 170 valence electrons. The zero-order valence-electron chi connectivity index (χ0n) is 18.6. The van der Waals surface area contributed by atoms with Crippen LogP contribution in [0.5, 0.6) is 0 Å². The molecule has 2 aliphatic heterocycles. The first-order valence-electron chi connectivity index (χ1n) is 11.8. The second-order valence-electron chi connectivity index (χ2n) is 9.19. The first-order chi connectivity index (χ1) is 16.1. The van der Waals surface area contributed by atoms with Gasteiger partial charge in [-0.1, -0.05) is 55.0 Å². The number of hydrogen-bond donors (Lipinski definition) is 2. The van der Waals surface area contributed by atoms with Crippen molar-refractivity contribution in [1.82, 2.24) is 9.80 Å². The van der Waals surface area contributed by atoms with Crippen LogP contribution >= 0.6 is 0 Å². The number of aliphatic hydroxyl groups excluding tert-OH is 1. The van der Waals surface area contributed by atoms with Crippen molar-refractivity contribution in [3.63, 3.8) is 0 Å². The number of urea groups is 1. The van der Waals surface area contributed by atoms with Crippen molar-refractivity contribution in [2.45, 2.75) is 43.7 Å². The molecule has 33 heavy (non-hydrogen) atoms. The maximum atomic E-state index is 12.8. The number of nitrogens with zero attached hydrogens (tertiary/aromatic N) is 2. The standard InChI is InChI=1S/C27H29N3O3/c31-18-24-26(21-14-12-20(13-15-21)11-10-19-6-4-5-7-19)23-16-29(17-25(32)30(23)24)27(33)28-22-8-2-1-3-9-22/h1-3,8-9,12-15,19,23-24,26,31H,4-7,16-18H2,(H,28,33)/t23-,24+,26+/m1/s1. The van der Waals surface area contributed by atoms with Crippen LogP contribution in [0.1, 0.15) is 42.7 Å². The monoisotopic (exact) mass is 443 g/mol. The van der Waals surface area contributed by atoms with Crippen LogP contribution in [0.2, 0.25) is 0 Å². The Kier molecular flexibility index (Phi) is 6.06. The summed E-state index contributed by atoms with van der Waals surface area (Å²) in [4.78, 5) is 28.9. The van der Waals surface area contributed by atoms with Crippen LogP contribution in [-0.2, 0) is 4.79 Å². The smallest absolute Gasteiger partial charge is 0.322 e. The van der Waals surface area contributed by atoms with Crippen LogP contribution in [0, 0.1) is 17.8 Å². The van der Waals surface area contributed by atoms with Gasteiger partial charge in [0.1, 0.15) is 6.54 Å². The lowest BCUT2D eigenvalue weighted by Crippen LogP contribution is -2.73. The topological polar surface area (TPSA) is 72.9 Å². The quantitative estimate of drug-likeness (QED) is 0.714. The van der Waals surface area contributed by atoms with Crippen molar-refractivity contribution in [2.75, 3.05) is 25.0 Å². The molecule has 2 aromatic rings. The number of nitrogens with one attached hydrogen (secondary N) is 1. The number of carbonyl (C=O) groups is 2. The first kappa shape index (κ1) is 21.5. The van der Waals surface area contributed by atoms with Gasteiger partial charge >= 0.3 is 6.03 Å². The Balaban J connectivity index is 1.29. The molecule has 0 unspecified atom stereocenters. The number of aliphatic hydroxyl groups is 1. The molecular formula is C27H29N3O3. The Hall–Kier alpha value is -3.30. The normalized spacial score (nSPS) is 24.5. The SMILES string of the molecule is O=C(Nc1ccccc1)N1CC(=O)N2[C@H](C1)[C@H](c1ccc(C#CC3CCCC3)cc1)[C@@H]2CO. The van der Waals surface area contributed by atoms with Crippen molar-refractivity contribution in [3.05, 3.63) is 65.7 Å². The maximum absolute atomic E-state index is 12.8. The molecule has 1 saturated carbocycles. The summed E-state index contributed by atoms with van der Waals surface area (Å²) in [5.74, 6) is 7.07. The average molecular weight is 444 g/mol. The number of carbonyl (C=O) groups excluding carboxylic acids is 2. The number of para-hydroxylation sites is 1. The molecular weight excluding hydrogens is 414 g/mol. The third-order valence-corrected chi connectivity index (χ3v) is 7.14. The van der Waals surface area contributed by atoms with Crippen LogP contribution in [0.3, 0.4) is 0 Å². The molecule has 2 saturated heterocycles. The largest absolute Gasteiger partial charge is 0.394 e. The Bertz CT molecular complexity index is 1070. The molecule has 3 amide bonds. The summed E-state index contributed by atoms with van der Waals surface area (Å²) < 4.78 is 0. The summed E-state index contributed by atoms with van der Waals surface area (Å²) in [7, 11) is 0. The van der Waals surface area contributed by atoms with Crippen molar-refractivity contribution < 1.29 is 14.7 Å². The van der Waals surface area contributed by atoms with Gasteiger partial charge in [0.15, 0.2) is 0 Å². The predicted octanol–water partition coefficient (Wildman–Crippen LogP) is 3.43. The van der Waals surface area contributed by atoms with E-state index in [1.54, 1.807) is 9.80 Å². The highest BCUT2D eigenvalue weighted by Gasteiger charge is 2.54. The highest BCUT2D eigenvalue weighted by molar-refractivity contribution is 5.93. The second-order valence-corrected chi connectivity index (χ2v) is 9.19. The van der Waals surface area contributed by atoms with E-state index >= 15 is 0 Å². The van der Waals surface area contributed by atoms with Crippen LogP contribution in [0.15, 0.2) is 54.6 Å². The van der Waals surface area contributed by atoms with Gasteiger partial charge in [0.05, 0.1) is 18.7 Å². The fourth-order valence-electron chi connectivity index (χ4n) is 5.42. The number of anilines is 1. The molecule has 2 aromatic carbocycles. The lowest BCUT2D eigenvalue weighted by molar-refractivity contribution is -0.159. The number of piperazine rings is 1. The van der Waals surface area contributed by atoms with Gasteiger partial charge < -0.3 is 20.2 Å². The Morgan fingerprint density at radius 1 is 1.06 bits per heavy atom. The fourth-order valence-corrected chi connectivity index (χ4v) is 5.42. The molecule has 6 heteroatoms. The van der Waals surface area contributed by atoms with Crippen molar-refractivity contribution in [3.8, 4) is 11.8 Å². The highest BCUT2D eigenvalue weighted by Crippen LogP contribution is 2.43. The first-order valence-corrected chi connectivity index (χ1v) is 11.8. The van der Waals surface area contributed by atoms with Crippen molar-refractivity contribution >= 4 is 17.6 Å². The predicted molar refractivity (Wildman–Crippen MR) is 127 cm³/mol. The third-order valence-electron chi connectivity index (χ3n) is 7.14. The number of hydrogen-bond acceptors (Lipinski definition) is 3. The van der Waals surface area contributed by atoms with Gasteiger partial charge in [-0.15, -0.1) is 0 Å². The summed E-state index contributed by atoms with van der Waals surface area (Å²) in [6, 6.07) is 16.7. The van der Waals surface area contributed by atoms with Gasteiger partial charge in [-0.25, -0.2) is 4.79 Å². The van der Waals surface area contributed by atoms with E-state index in [1.165, 1.54) is 25.7 Å². The number of benzene rings is 2. The molecule has 2 N–H and O–H groups in total. The summed E-state index contributed by atoms with van der Waals surface area (Å²) >= 11 is 0. The molecule has 6 nitrogen and oxygen atoms in total. The van der Waals surface area contributed by atoms with Crippen LogP contribution in [-0.4, -0.2) is 58.6 Å². The molecule has 3 fully saturated rings. The van der Waals surface area contributed by atoms with Gasteiger partial charge in [0.25, 0.3) is 0 Å². The molecule has 0 radical (unpaired) electrons. The molecule has 0 bridgehead atoms. The van der Waals surface area contributed by atoms with Gasteiger partial charge in [0.2, 0.25) is 5.91 Å². The van der Waals surface area contributed by atoms with Crippen LogP contribution in [0.25, 0.3) is 0 Å². The average Bonchev–Trinajstić information content (AvgIpc) is 3.34. The summed E-state index contributed by atoms with van der Waals surface area (Å²) in [6.45, 7) is 0.370. The minimum atomic E-state index is -0.280. The zero-order chi connectivity index (χ0) is 22.8. The third kappa shape index (κ3) is 4.34. The van der Waals surface area contributed by atoms with Gasteiger partial charge in [-0.2, -0.15) is 0 Å². The van der Waals surface area contributed by atoms with E-state index in [1.807, 2.05) is 42.5 Å².